The Hall–Kier alpha value is -2.44. The number of imide groups is 1. The van der Waals surface area contributed by atoms with E-state index in [2.05, 4.69) is 0 Å². The number of halogens is 3. The van der Waals surface area contributed by atoms with Crippen molar-refractivity contribution in [2.24, 2.45) is 11.3 Å². The second-order valence-electron chi connectivity index (χ2n) is 9.59. The zero-order valence-electron chi connectivity index (χ0n) is 18.3. The molecule has 2 aliphatic heterocycles. The molecule has 0 aromatic heterocycles. The first kappa shape index (κ1) is 22.7. The zero-order chi connectivity index (χ0) is 23.7. The van der Waals surface area contributed by atoms with E-state index < -0.39 is 39.8 Å². The molecule has 1 aromatic rings. The lowest BCUT2D eigenvalue weighted by molar-refractivity contribution is -0.156. The first-order valence-corrected chi connectivity index (χ1v) is 10.6. The summed E-state index contributed by atoms with van der Waals surface area (Å²) in [5.41, 5.74) is -4.99. The second kappa shape index (κ2) is 7.03. The molecule has 1 aliphatic carbocycles. The molecule has 5 atom stereocenters. The summed E-state index contributed by atoms with van der Waals surface area (Å²) in [6.45, 7) is 7.24. The van der Waals surface area contributed by atoms with Gasteiger partial charge in [-0.15, -0.1) is 0 Å². The molecule has 1 saturated carbocycles. The predicted octanol–water partition coefficient (Wildman–Crippen LogP) is 4.21. The van der Waals surface area contributed by atoms with E-state index in [0.717, 1.165) is 18.9 Å². The van der Waals surface area contributed by atoms with E-state index in [-0.39, 0.29) is 30.2 Å². The third kappa shape index (κ3) is 3.07. The molecule has 3 aliphatic rings. The Balaban J connectivity index is 1.75. The summed E-state index contributed by atoms with van der Waals surface area (Å²) in [6.07, 6.45) is -2.37. The molecule has 4 rings (SSSR count). The molecule has 0 radical (unpaired) electrons. The average molecular weight is 450 g/mol. The SMILES string of the molecule is C[C@@H]1C2(C)C[C@H](OC3CC3)C(C)(O2)[C@]1(C)C(=O)N(C=O)c1ccc(C#N)c(C(F)(F)F)c1. The van der Waals surface area contributed by atoms with Gasteiger partial charge in [-0.2, -0.15) is 18.4 Å². The number of anilines is 1. The van der Waals surface area contributed by atoms with E-state index >= 15 is 0 Å². The van der Waals surface area contributed by atoms with Crippen LogP contribution in [0.2, 0.25) is 0 Å². The summed E-state index contributed by atoms with van der Waals surface area (Å²) < 4.78 is 52.9. The van der Waals surface area contributed by atoms with Crippen molar-refractivity contribution in [3.05, 3.63) is 29.3 Å². The summed E-state index contributed by atoms with van der Waals surface area (Å²) >= 11 is 0. The number of nitriles is 1. The Morgan fingerprint density at radius 3 is 2.47 bits per heavy atom. The van der Waals surface area contributed by atoms with Crippen LogP contribution in [0.25, 0.3) is 0 Å². The van der Waals surface area contributed by atoms with Crippen LogP contribution in [0.15, 0.2) is 18.2 Å². The monoisotopic (exact) mass is 450 g/mol. The molecule has 2 saturated heterocycles. The smallest absolute Gasteiger partial charge is 0.372 e. The lowest BCUT2D eigenvalue weighted by Gasteiger charge is -2.47. The molecule has 6 nitrogen and oxygen atoms in total. The quantitative estimate of drug-likeness (QED) is 0.628. The Kier molecular flexibility index (Phi) is 4.99. The molecule has 1 aromatic carbocycles. The molecule has 2 unspecified atom stereocenters. The highest BCUT2D eigenvalue weighted by Gasteiger charge is 2.75. The number of carbonyl (C=O) groups is 2. The van der Waals surface area contributed by atoms with Crippen LogP contribution in [-0.2, 0) is 25.2 Å². The van der Waals surface area contributed by atoms with Gasteiger partial charge in [0.2, 0.25) is 12.3 Å². The maximum absolute atomic E-state index is 13.8. The van der Waals surface area contributed by atoms with Crippen LogP contribution in [0, 0.1) is 22.7 Å². The fourth-order valence-corrected chi connectivity index (χ4v) is 5.40. The van der Waals surface area contributed by atoms with Crippen molar-refractivity contribution in [2.45, 2.75) is 76.5 Å². The van der Waals surface area contributed by atoms with E-state index in [4.69, 9.17) is 14.7 Å². The number of nitrogens with zero attached hydrogens (tertiary/aromatic N) is 2. The molecule has 0 spiro atoms. The molecular formula is C23H25F3N2O4. The van der Waals surface area contributed by atoms with Crippen molar-refractivity contribution in [3.8, 4) is 6.07 Å². The summed E-state index contributed by atoms with van der Waals surface area (Å²) in [5, 5.41) is 9.04. The van der Waals surface area contributed by atoms with Crippen molar-refractivity contribution in [3.63, 3.8) is 0 Å². The van der Waals surface area contributed by atoms with Crippen LogP contribution >= 0.6 is 0 Å². The minimum atomic E-state index is -4.81. The molecule has 2 bridgehead atoms. The molecule has 172 valence electrons. The summed E-state index contributed by atoms with van der Waals surface area (Å²) in [6, 6.07) is 4.30. The average Bonchev–Trinajstić information content (AvgIpc) is 3.47. The molecule has 32 heavy (non-hydrogen) atoms. The number of benzene rings is 1. The van der Waals surface area contributed by atoms with Gasteiger partial charge in [0.15, 0.2) is 0 Å². The van der Waals surface area contributed by atoms with E-state index in [0.29, 0.717) is 17.4 Å². The molecular weight excluding hydrogens is 425 g/mol. The Morgan fingerprint density at radius 1 is 1.31 bits per heavy atom. The van der Waals surface area contributed by atoms with Crippen molar-refractivity contribution >= 4 is 18.0 Å². The van der Waals surface area contributed by atoms with Crippen LogP contribution in [-0.4, -0.2) is 35.7 Å². The van der Waals surface area contributed by atoms with Gasteiger partial charge in [0.05, 0.1) is 46.1 Å². The topological polar surface area (TPSA) is 79.6 Å². The lowest BCUT2D eigenvalue weighted by atomic mass is 9.57. The highest BCUT2D eigenvalue weighted by molar-refractivity contribution is 6.10. The normalized spacial score (nSPS) is 36.1. The number of hydrogen-bond acceptors (Lipinski definition) is 5. The van der Waals surface area contributed by atoms with Gasteiger partial charge in [-0.25, -0.2) is 0 Å². The fraction of sp³-hybridized carbons (Fsp3) is 0.609. The number of fused-ring (bicyclic) bond motifs is 2. The molecule has 2 amide bonds. The second-order valence-corrected chi connectivity index (χ2v) is 9.59. The summed E-state index contributed by atoms with van der Waals surface area (Å²) in [5.74, 6) is -0.984. The van der Waals surface area contributed by atoms with Crippen LogP contribution in [0.4, 0.5) is 18.9 Å². The van der Waals surface area contributed by atoms with Gasteiger partial charge in [-0.05, 0) is 51.8 Å². The Bertz CT molecular complexity index is 1020. The van der Waals surface area contributed by atoms with Crippen molar-refractivity contribution in [2.75, 3.05) is 4.90 Å². The van der Waals surface area contributed by atoms with Gasteiger partial charge in [0.25, 0.3) is 0 Å². The van der Waals surface area contributed by atoms with Crippen molar-refractivity contribution < 1.29 is 32.2 Å². The zero-order valence-corrected chi connectivity index (χ0v) is 18.3. The van der Waals surface area contributed by atoms with Crippen molar-refractivity contribution in [1.29, 1.82) is 5.26 Å². The molecule has 3 fully saturated rings. The first-order valence-electron chi connectivity index (χ1n) is 10.6. The largest absolute Gasteiger partial charge is 0.417 e. The molecule has 0 N–H and O–H groups in total. The first-order chi connectivity index (χ1) is 14.8. The third-order valence-corrected chi connectivity index (χ3v) is 7.82. The number of hydrogen-bond donors (Lipinski definition) is 0. The third-order valence-electron chi connectivity index (χ3n) is 7.82. The number of amides is 2. The number of ether oxygens (including phenoxy) is 2. The van der Waals surface area contributed by atoms with Crippen LogP contribution < -0.4 is 4.90 Å². The van der Waals surface area contributed by atoms with E-state index in [1.807, 2.05) is 13.8 Å². The van der Waals surface area contributed by atoms with Gasteiger partial charge in [-0.1, -0.05) is 6.92 Å². The standard InChI is InChI=1S/C23H25F3N2O4/c1-13-20(2)10-18(31-16-7-8-16)22(4,32-20)21(13,3)19(30)28(12-29)15-6-5-14(11-27)17(9-15)23(24,25)26/h5-6,9,12-13,16,18H,7-8,10H2,1-4H3/t13-,18+,20?,21+,22?/m1/s1. The number of rotatable bonds is 5. The Morgan fingerprint density at radius 2 is 1.97 bits per heavy atom. The fourth-order valence-electron chi connectivity index (χ4n) is 5.40. The maximum Gasteiger partial charge on any atom is 0.417 e. The van der Waals surface area contributed by atoms with Gasteiger partial charge in [0, 0.05) is 12.3 Å². The van der Waals surface area contributed by atoms with E-state index in [1.54, 1.807) is 13.8 Å². The van der Waals surface area contributed by atoms with Crippen LogP contribution in [0.5, 0.6) is 0 Å². The molecule has 9 heteroatoms. The van der Waals surface area contributed by atoms with Gasteiger partial charge in [0.1, 0.15) is 5.60 Å². The van der Waals surface area contributed by atoms with Crippen LogP contribution in [0.3, 0.4) is 0 Å². The van der Waals surface area contributed by atoms with Gasteiger partial charge >= 0.3 is 6.18 Å². The summed E-state index contributed by atoms with van der Waals surface area (Å²) in [7, 11) is 0. The van der Waals surface area contributed by atoms with E-state index in [9.17, 15) is 22.8 Å². The highest BCUT2D eigenvalue weighted by atomic mass is 19.4. The minimum absolute atomic E-state index is 0.119. The Labute approximate surface area is 184 Å². The van der Waals surface area contributed by atoms with Gasteiger partial charge in [-0.3, -0.25) is 14.5 Å². The molecule has 2 heterocycles. The maximum atomic E-state index is 13.8. The number of alkyl halides is 3. The minimum Gasteiger partial charge on any atom is -0.372 e. The van der Waals surface area contributed by atoms with Crippen molar-refractivity contribution in [1.82, 2.24) is 0 Å². The highest BCUT2D eigenvalue weighted by Crippen LogP contribution is 2.65. The number of carbonyl (C=O) groups excluding carboxylic acids is 2. The van der Waals surface area contributed by atoms with Gasteiger partial charge < -0.3 is 9.47 Å². The summed E-state index contributed by atoms with van der Waals surface area (Å²) in [4.78, 5) is 26.5. The predicted molar refractivity (Wildman–Crippen MR) is 107 cm³/mol. The van der Waals surface area contributed by atoms with E-state index in [1.165, 1.54) is 12.1 Å². The lowest BCUT2D eigenvalue weighted by Crippen LogP contribution is -2.62. The van der Waals surface area contributed by atoms with Crippen LogP contribution in [0.1, 0.15) is 58.1 Å².